The van der Waals surface area contributed by atoms with Gasteiger partial charge in [-0.15, -0.1) is 0 Å². The van der Waals surface area contributed by atoms with Gasteiger partial charge in [0.05, 0.1) is 0 Å². The van der Waals surface area contributed by atoms with E-state index in [1.807, 2.05) is 32.0 Å². The number of aryl methyl sites for hydroxylation is 2. The number of hydrogen-bond acceptors (Lipinski definition) is 3. The smallest absolute Gasteiger partial charge is 0.251 e. The van der Waals surface area contributed by atoms with Gasteiger partial charge in [-0.05, 0) is 32.5 Å². The summed E-state index contributed by atoms with van der Waals surface area (Å²) < 4.78 is 0. The molecule has 4 heteroatoms. The van der Waals surface area contributed by atoms with Gasteiger partial charge in [-0.2, -0.15) is 0 Å². The molecular weight excluding hydrogens is 250 g/mol. The average Bonchev–Trinajstić information content (AvgIpc) is 2.43. The number of carbonyl (C=O) groups excluding carboxylic acids is 1. The van der Waals surface area contributed by atoms with E-state index in [2.05, 4.69) is 22.2 Å². The molecule has 1 heterocycles. The molecule has 1 amide bonds. The van der Waals surface area contributed by atoms with E-state index in [4.69, 9.17) is 0 Å². The Labute approximate surface area is 121 Å². The SMILES string of the molecule is Cc1ccc(C)c(C(=O)NCCN2CCN(C)CC2)c1. The molecule has 20 heavy (non-hydrogen) atoms. The molecule has 1 N–H and O–H groups in total. The van der Waals surface area contributed by atoms with Gasteiger partial charge in [0.25, 0.3) is 5.91 Å². The summed E-state index contributed by atoms with van der Waals surface area (Å²) in [7, 11) is 2.15. The summed E-state index contributed by atoms with van der Waals surface area (Å²) in [5.41, 5.74) is 2.95. The van der Waals surface area contributed by atoms with Gasteiger partial charge in [-0.1, -0.05) is 17.7 Å². The number of piperazine rings is 1. The maximum atomic E-state index is 12.2. The Morgan fingerprint density at radius 3 is 2.60 bits per heavy atom. The predicted octanol–water partition coefficient (Wildman–Crippen LogP) is 1.28. The molecule has 1 aliphatic heterocycles. The lowest BCUT2D eigenvalue weighted by Crippen LogP contribution is -2.46. The molecule has 1 fully saturated rings. The number of nitrogens with one attached hydrogen (secondary N) is 1. The molecule has 110 valence electrons. The fourth-order valence-corrected chi connectivity index (χ4v) is 2.47. The Hall–Kier alpha value is -1.39. The van der Waals surface area contributed by atoms with Gasteiger partial charge in [0.1, 0.15) is 0 Å². The maximum Gasteiger partial charge on any atom is 0.251 e. The third-order valence-electron chi connectivity index (χ3n) is 3.95. The first-order chi connectivity index (χ1) is 9.56. The lowest BCUT2D eigenvalue weighted by molar-refractivity contribution is 0.0940. The Morgan fingerprint density at radius 1 is 1.20 bits per heavy atom. The third-order valence-corrected chi connectivity index (χ3v) is 3.95. The molecule has 4 nitrogen and oxygen atoms in total. The summed E-state index contributed by atoms with van der Waals surface area (Å²) >= 11 is 0. The van der Waals surface area contributed by atoms with Gasteiger partial charge >= 0.3 is 0 Å². The number of rotatable bonds is 4. The Kier molecular flexibility index (Phi) is 5.15. The highest BCUT2D eigenvalue weighted by molar-refractivity contribution is 5.95. The Morgan fingerprint density at radius 2 is 1.90 bits per heavy atom. The number of likely N-dealkylation sites (N-methyl/N-ethyl adjacent to an activating group) is 1. The summed E-state index contributed by atoms with van der Waals surface area (Å²) in [6, 6.07) is 6.00. The minimum absolute atomic E-state index is 0.0420. The van der Waals surface area contributed by atoms with Crippen molar-refractivity contribution in [2.75, 3.05) is 46.3 Å². The molecule has 1 aliphatic rings. The zero-order valence-electron chi connectivity index (χ0n) is 12.8. The number of nitrogens with zero attached hydrogens (tertiary/aromatic N) is 2. The van der Waals surface area contributed by atoms with Crippen LogP contribution in [0.15, 0.2) is 18.2 Å². The molecule has 0 radical (unpaired) electrons. The molecular formula is C16H25N3O. The molecule has 2 rings (SSSR count). The van der Waals surface area contributed by atoms with Gasteiger partial charge in [-0.25, -0.2) is 0 Å². The lowest BCUT2D eigenvalue weighted by atomic mass is 10.1. The molecule has 1 aromatic carbocycles. The van der Waals surface area contributed by atoms with E-state index in [0.717, 1.165) is 56.0 Å². The third kappa shape index (κ3) is 4.05. The largest absolute Gasteiger partial charge is 0.351 e. The molecule has 0 spiro atoms. The van der Waals surface area contributed by atoms with Crippen LogP contribution in [-0.2, 0) is 0 Å². The Balaban J connectivity index is 1.79. The number of carbonyl (C=O) groups is 1. The van der Waals surface area contributed by atoms with Gasteiger partial charge in [0.2, 0.25) is 0 Å². The van der Waals surface area contributed by atoms with Crippen molar-refractivity contribution in [1.29, 1.82) is 0 Å². The second kappa shape index (κ2) is 6.86. The number of amides is 1. The molecule has 1 saturated heterocycles. The molecule has 0 aromatic heterocycles. The van der Waals surface area contributed by atoms with Crippen molar-refractivity contribution >= 4 is 5.91 Å². The standard InChI is InChI=1S/C16H25N3O/c1-13-4-5-14(2)15(12-13)16(20)17-6-7-19-10-8-18(3)9-11-19/h4-5,12H,6-11H2,1-3H3,(H,17,20). The number of benzene rings is 1. The summed E-state index contributed by atoms with van der Waals surface area (Å²) in [6.07, 6.45) is 0. The maximum absolute atomic E-state index is 12.2. The molecule has 0 bridgehead atoms. The highest BCUT2D eigenvalue weighted by Gasteiger charge is 2.14. The van der Waals surface area contributed by atoms with E-state index in [-0.39, 0.29) is 5.91 Å². The molecule has 0 saturated carbocycles. The first-order valence-corrected chi connectivity index (χ1v) is 7.32. The van der Waals surface area contributed by atoms with Crippen molar-refractivity contribution in [3.63, 3.8) is 0 Å². The molecule has 0 aliphatic carbocycles. The van der Waals surface area contributed by atoms with Crippen LogP contribution in [0.4, 0.5) is 0 Å². The summed E-state index contributed by atoms with van der Waals surface area (Å²) in [6.45, 7) is 10.1. The van der Waals surface area contributed by atoms with Gasteiger partial charge in [0.15, 0.2) is 0 Å². The van der Waals surface area contributed by atoms with Crippen molar-refractivity contribution in [3.05, 3.63) is 34.9 Å². The lowest BCUT2D eigenvalue weighted by Gasteiger charge is -2.32. The quantitative estimate of drug-likeness (QED) is 0.899. The monoisotopic (exact) mass is 275 g/mol. The van der Waals surface area contributed by atoms with Crippen molar-refractivity contribution in [1.82, 2.24) is 15.1 Å². The van der Waals surface area contributed by atoms with Crippen LogP contribution >= 0.6 is 0 Å². The average molecular weight is 275 g/mol. The Bertz CT molecular complexity index is 465. The normalized spacial score (nSPS) is 17.1. The van der Waals surface area contributed by atoms with Crippen LogP contribution in [0.3, 0.4) is 0 Å². The van der Waals surface area contributed by atoms with Gasteiger partial charge < -0.3 is 10.2 Å². The van der Waals surface area contributed by atoms with E-state index in [9.17, 15) is 4.79 Å². The van der Waals surface area contributed by atoms with Crippen molar-refractivity contribution in [3.8, 4) is 0 Å². The van der Waals surface area contributed by atoms with Crippen LogP contribution < -0.4 is 5.32 Å². The highest BCUT2D eigenvalue weighted by Crippen LogP contribution is 2.10. The van der Waals surface area contributed by atoms with Crippen LogP contribution in [0.25, 0.3) is 0 Å². The molecule has 1 aromatic rings. The van der Waals surface area contributed by atoms with E-state index in [1.165, 1.54) is 0 Å². The van der Waals surface area contributed by atoms with Crippen molar-refractivity contribution < 1.29 is 4.79 Å². The second-order valence-corrected chi connectivity index (χ2v) is 5.72. The van der Waals surface area contributed by atoms with Crippen LogP contribution in [0, 0.1) is 13.8 Å². The van der Waals surface area contributed by atoms with E-state index >= 15 is 0 Å². The van der Waals surface area contributed by atoms with Gasteiger partial charge in [0, 0.05) is 44.8 Å². The van der Waals surface area contributed by atoms with Crippen LogP contribution in [-0.4, -0.2) is 62.0 Å². The minimum atomic E-state index is 0.0420. The van der Waals surface area contributed by atoms with Crippen LogP contribution in [0.5, 0.6) is 0 Å². The number of hydrogen-bond donors (Lipinski definition) is 1. The van der Waals surface area contributed by atoms with E-state index in [1.54, 1.807) is 0 Å². The van der Waals surface area contributed by atoms with Crippen LogP contribution in [0.1, 0.15) is 21.5 Å². The molecule has 0 atom stereocenters. The first-order valence-electron chi connectivity index (χ1n) is 7.32. The summed E-state index contributed by atoms with van der Waals surface area (Å²) in [4.78, 5) is 16.9. The highest BCUT2D eigenvalue weighted by atomic mass is 16.1. The topological polar surface area (TPSA) is 35.6 Å². The van der Waals surface area contributed by atoms with Crippen molar-refractivity contribution in [2.45, 2.75) is 13.8 Å². The molecule has 0 unspecified atom stereocenters. The van der Waals surface area contributed by atoms with Crippen molar-refractivity contribution in [2.24, 2.45) is 0 Å². The minimum Gasteiger partial charge on any atom is -0.351 e. The predicted molar refractivity (Wildman–Crippen MR) is 82.2 cm³/mol. The zero-order valence-corrected chi connectivity index (χ0v) is 12.8. The van der Waals surface area contributed by atoms with E-state index in [0.29, 0.717) is 0 Å². The first kappa shape index (κ1) is 15.0. The summed E-state index contributed by atoms with van der Waals surface area (Å²) in [5, 5.41) is 3.03. The fraction of sp³-hybridized carbons (Fsp3) is 0.562. The zero-order chi connectivity index (χ0) is 14.5. The van der Waals surface area contributed by atoms with Gasteiger partial charge in [-0.3, -0.25) is 9.69 Å². The fourth-order valence-electron chi connectivity index (χ4n) is 2.47. The van der Waals surface area contributed by atoms with E-state index < -0.39 is 0 Å². The second-order valence-electron chi connectivity index (χ2n) is 5.72. The summed E-state index contributed by atoms with van der Waals surface area (Å²) in [5.74, 6) is 0.0420. The van der Waals surface area contributed by atoms with Crippen LogP contribution in [0.2, 0.25) is 0 Å².